The van der Waals surface area contributed by atoms with Gasteiger partial charge in [-0.25, -0.2) is 4.99 Å². The summed E-state index contributed by atoms with van der Waals surface area (Å²) in [6, 6.07) is 8.74. The van der Waals surface area contributed by atoms with Crippen LogP contribution in [-0.4, -0.2) is 51.8 Å². The summed E-state index contributed by atoms with van der Waals surface area (Å²) in [6.45, 7) is 11.1. The lowest BCUT2D eigenvalue weighted by molar-refractivity contribution is -0.119. The predicted octanol–water partition coefficient (Wildman–Crippen LogP) is 1.84. The predicted molar refractivity (Wildman–Crippen MR) is 108 cm³/mol. The number of hydrogen-bond donors (Lipinski definition) is 3. The maximum atomic E-state index is 11.8. The molecule has 0 spiro atoms. The van der Waals surface area contributed by atoms with Crippen LogP contribution in [0.15, 0.2) is 29.3 Å². The number of hydrogen-bond acceptors (Lipinski definition) is 3. The number of methoxy groups -OCH3 is 1. The van der Waals surface area contributed by atoms with E-state index in [9.17, 15) is 4.79 Å². The van der Waals surface area contributed by atoms with Crippen LogP contribution in [0.5, 0.6) is 0 Å². The summed E-state index contributed by atoms with van der Waals surface area (Å²) >= 11 is 0. The van der Waals surface area contributed by atoms with Crippen molar-refractivity contribution in [3.63, 3.8) is 0 Å². The first-order chi connectivity index (χ1) is 12.4. The summed E-state index contributed by atoms with van der Waals surface area (Å²) in [6.07, 6.45) is 1.04. The second kappa shape index (κ2) is 11.5. The summed E-state index contributed by atoms with van der Waals surface area (Å²) < 4.78 is 4.91. The molecular weight excluding hydrogens is 328 g/mol. The van der Waals surface area contributed by atoms with Gasteiger partial charge in [-0.2, -0.15) is 0 Å². The Morgan fingerprint density at radius 2 is 1.81 bits per heavy atom. The molecular formula is C20H34N4O2. The highest BCUT2D eigenvalue weighted by molar-refractivity contribution is 5.84. The van der Waals surface area contributed by atoms with Crippen LogP contribution in [0.4, 0.5) is 0 Å². The zero-order chi connectivity index (χ0) is 19.4. The van der Waals surface area contributed by atoms with Gasteiger partial charge in [-0.1, -0.05) is 45.0 Å². The van der Waals surface area contributed by atoms with Crippen molar-refractivity contribution >= 4 is 11.9 Å². The molecule has 0 aromatic heterocycles. The molecule has 0 aliphatic carbocycles. The van der Waals surface area contributed by atoms with Gasteiger partial charge in [-0.05, 0) is 24.5 Å². The molecule has 0 unspecified atom stereocenters. The zero-order valence-electron chi connectivity index (χ0n) is 16.8. The number of amides is 1. The third kappa shape index (κ3) is 7.87. The molecule has 1 aromatic carbocycles. The molecule has 0 atom stereocenters. The fourth-order valence-electron chi connectivity index (χ4n) is 2.44. The van der Waals surface area contributed by atoms with Crippen LogP contribution in [0.25, 0.3) is 0 Å². The van der Waals surface area contributed by atoms with E-state index in [2.05, 4.69) is 66.0 Å². The Morgan fingerprint density at radius 3 is 2.38 bits per heavy atom. The van der Waals surface area contributed by atoms with E-state index in [1.807, 2.05) is 6.92 Å². The van der Waals surface area contributed by atoms with Crippen LogP contribution in [-0.2, 0) is 21.4 Å². The van der Waals surface area contributed by atoms with Crippen molar-refractivity contribution in [2.24, 2.45) is 4.99 Å². The lowest BCUT2D eigenvalue weighted by Crippen LogP contribution is -2.44. The van der Waals surface area contributed by atoms with Gasteiger partial charge in [0.15, 0.2) is 5.96 Å². The minimum Gasteiger partial charge on any atom is -0.383 e. The van der Waals surface area contributed by atoms with Crippen molar-refractivity contribution in [3.8, 4) is 0 Å². The lowest BCUT2D eigenvalue weighted by Gasteiger charge is -2.27. The lowest BCUT2D eigenvalue weighted by atomic mass is 9.84. The zero-order valence-corrected chi connectivity index (χ0v) is 16.8. The first kappa shape index (κ1) is 22.0. The van der Waals surface area contributed by atoms with Crippen LogP contribution in [0.1, 0.15) is 38.8 Å². The molecule has 0 radical (unpaired) electrons. The van der Waals surface area contributed by atoms with Crippen molar-refractivity contribution in [1.82, 2.24) is 16.0 Å². The Hall–Kier alpha value is -2.08. The molecule has 0 fully saturated rings. The fraction of sp³-hybridized carbons (Fsp3) is 0.600. The van der Waals surface area contributed by atoms with Crippen molar-refractivity contribution in [3.05, 3.63) is 35.4 Å². The van der Waals surface area contributed by atoms with E-state index in [4.69, 9.17) is 4.74 Å². The number of nitrogens with one attached hydrogen (secondary N) is 3. The van der Waals surface area contributed by atoms with Crippen molar-refractivity contribution in [1.29, 1.82) is 0 Å². The van der Waals surface area contributed by atoms with Gasteiger partial charge < -0.3 is 20.7 Å². The van der Waals surface area contributed by atoms with Crippen molar-refractivity contribution < 1.29 is 9.53 Å². The third-order valence-electron chi connectivity index (χ3n) is 4.19. The molecule has 0 aliphatic heterocycles. The second-order valence-corrected chi connectivity index (χ2v) is 6.83. The summed E-state index contributed by atoms with van der Waals surface area (Å²) in [5.74, 6) is 0.529. The SMILES string of the molecule is CCNC(=NCC(=O)NCCOC)NCC(C)(C)c1ccc(CC)cc1. The molecule has 1 rings (SSSR count). The highest BCUT2D eigenvalue weighted by atomic mass is 16.5. The maximum Gasteiger partial charge on any atom is 0.241 e. The number of benzene rings is 1. The maximum absolute atomic E-state index is 11.8. The van der Waals surface area contributed by atoms with E-state index in [0.717, 1.165) is 19.5 Å². The summed E-state index contributed by atoms with van der Waals surface area (Å²) in [5, 5.41) is 9.29. The normalized spacial score (nSPS) is 12.0. The molecule has 26 heavy (non-hydrogen) atoms. The Labute approximate surface area is 157 Å². The van der Waals surface area contributed by atoms with Crippen LogP contribution in [0, 0.1) is 0 Å². The number of aryl methyl sites for hydroxylation is 1. The molecule has 0 aliphatic rings. The highest BCUT2D eigenvalue weighted by Crippen LogP contribution is 2.22. The summed E-state index contributed by atoms with van der Waals surface area (Å²) in [5.41, 5.74) is 2.56. The number of carbonyl (C=O) groups excluding carboxylic acids is 1. The molecule has 0 saturated carbocycles. The van der Waals surface area contributed by atoms with Crippen LogP contribution in [0.2, 0.25) is 0 Å². The van der Waals surface area contributed by atoms with Crippen LogP contribution < -0.4 is 16.0 Å². The van der Waals surface area contributed by atoms with E-state index in [-0.39, 0.29) is 17.9 Å². The molecule has 0 heterocycles. The number of ether oxygens (including phenoxy) is 1. The molecule has 6 heteroatoms. The molecule has 6 nitrogen and oxygen atoms in total. The number of nitrogens with zero attached hydrogens (tertiary/aromatic N) is 1. The third-order valence-corrected chi connectivity index (χ3v) is 4.19. The monoisotopic (exact) mass is 362 g/mol. The summed E-state index contributed by atoms with van der Waals surface area (Å²) in [7, 11) is 1.61. The number of aliphatic imine (C=N–C) groups is 1. The number of guanidine groups is 1. The topological polar surface area (TPSA) is 74.8 Å². The smallest absolute Gasteiger partial charge is 0.241 e. The quantitative estimate of drug-likeness (QED) is 0.337. The second-order valence-electron chi connectivity index (χ2n) is 6.83. The first-order valence-corrected chi connectivity index (χ1v) is 9.30. The molecule has 1 aromatic rings. The van der Waals surface area contributed by atoms with E-state index < -0.39 is 0 Å². The molecule has 146 valence electrons. The van der Waals surface area contributed by atoms with E-state index in [0.29, 0.717) is 19.1 Å². The Balaban J connectivity index is 2.62. The Kier molecular flexibility index (Phi) is 9.73. The van der Waals surface area contributed by atoms with Gasteiger partial charge in [-0.15, -0.1) is 0 Å². The van der Waals surface area contributed by atoms with Gasteiger partial charge >= 0.3 is 0 Å². The Bertz CT molecular complexity index is 568. The molecule has 0 bridgehead atoms. The van der Waals surface area contributed by atoms with Crippen molar-refractivity contribution in [2.45, 2.75) is 39.5 Å². The van der Waals surface area contributed by atoms with Gasteiger partial charge in [0.1, 0.15) is 6.54 Å². The van der Waals surface area contributed by atoms with E-state index in [1.54, 1.807) is 7.11 Å². The number of carbonyl (C=O) groups is 1. The minimum absolute atomic E-state index is 0.0524. The standard InChI is InChI=1S/C20H34N4O2/c1-6-16-8-10-17(11-9-16)20(3,4)15-24-19(21-7-2)23-14-18(25)22-12-13-26-5/h8-11H,6-7,12-15H2,1-5H3,(H,22,25)(H2,21,23,24). The van der Waals surface area contributed by atoms with Gasteiger partial charge in [0.05, 0.1) is 6.61 Å². The molecule has 0 saturated heterocycles. The fourth-order valence-corrected chi connectivity index (χ4v) is 2.44. The summed E-state index contributed by atoms with van der Waals surface area (Å²) in [4.78, 5) is 16.1. The highest BCUT2D eigenvalue weighted by Gasteiger charge is 2.20. The van der Waals surface area contributed by atoms with E-state index in [1.165, 1.54) is 11.1 Å². The largest absolute Gasteiger partial charge is 0.383 e. The number of rotatable bonds is 10. The van der Waals surface area contributed by atoms with E-state index >= 15 is 0 Å². The van der Waals surface area contributed by atoms with Gasteiger partial charge in [0.25, 0.3) is 0 Å². The van der Waals surface area contributed by atoms with Crippen LogP contribution >= 0.6 is 0 Å². The average Bonchev–Trinajstić information content (AvgIpc) is 2.64. The Morgan fingerprint density at radius 1 is 1.12 bits per heavy atom. The van der Waals surface area contributed by atoms with Gasteiger partial charge in [0, 0.05) is 32.2 Å². The molecule has 1 amide bonds. The van der Waals surface area contributed by atoms with Crippen LogP contribution in [0.3, 0.4) is 0 Å². The van der Waals surface area contributed by atoms with Crippen molar-refractivity contribution in [2.75, 3.05) is 39.9 Å². The van der Waals surface area contributed by atoms with Gasteiger partial charge in [-0.3, -0.25) is 4.79 Å². The first-order valence-electron chi connectivity index (χ1n) is 9.30. The minimum atomic E-state index is -0.117. The van der Waals surface area contributed by atoms with Gasteiger partial charge in [0.2, 0.25) is 5.91 Å². The molecule has 3 N–H and O–H groups in total. The average molecular weight is 363 g/mol.